The molecule has 3 fully saturated rings. The van der Waals surface area contributed by atoms with Crippen molar-refractivity contribution in [2.75, 3.05) is 25.0 Å². The van der Waals surface area contributed by atoms with Gasteiger partial charge < -0.3 is 20.1 Å². The standard InChI is InChI=1S/C34H39N7O4S/c1-20-5-3-6-27(37-20)33(44)40-11-12-41(21(2)18-40)25-13-23(14-25)32(43)39-34-38-26-10-9-22(15-30(26)46-34)24-16-35-31(36-17-24)19-45-29-8-4-7-28(29)42/h3,5-6,9-10,15-17,21,23,25,28-29,42H,4,7-8,11-14,18-19H2,1-2H3,(H,38,39,43)/t21-,23-,25+,28-,29-/m0/s1. The normalized spacial score (nSPS) is 25.0. The van der Waals surface area contributed by atoms with Crippen LogP contribution in [0.3, 0.4) is 0 Å². The third-order valence-corrected chi connectivity index (χ3v) is 10.5. The van der Waals surface area contributed by atoms with Crippen LogP contribution in [0.25, 0.3) is 21.3 Å². The Balaban J connectivity index is 0.902. The summed E-state index contributed by atoms with van der Waals surface area (Å²) in [5.74, 6) is 0.538. The van der Waals surface area contributed by atoms with E-state index in [-0.39, 0.29) is 36.5 Å². The van der Waals surface area contributed by atoms with Gasteiger partial charge in [-0.3, -0.25) is 14.5 Å². The Kier molecular flexibility index (Phi) is 8.78. The minimum absolute atomic E-state index is 0.0128. The van der Waals surface area contributed by atoms with E-state index in [2.05, 4.69) is 37.1 Å². The van der Waals surface area contributed by atoms with Crippen molar-refractivity contribution in [1.29, 1.82) is 0 Å². The fourth-order valence-corrected chi connectivity index (χ4v) is 7.73. The molecule has 1 saturated heterocycles. The van der Waals surface area contributed by atoms with Crippen LogP contribution < -0.4 is 5.32 Å². The highest BCUT2D eigenvalue weighted by atomic mass is 32.1. The first-order valence-electron chi connectivity index (χ1n) is 16.1. The van der Waals surface area contributed by atoms with E-state index in [0.717, 1.165) is 65.7 Å². The number of piperazine rings is 1. The zero-order valence-corrected chi connectivity index (χ0v) is 26.9. The summed E-state index contributed by atoms with van der Waals surface area (Å²) in [6.07, 6.45) is 7.28. The van der Waals surface area contributed by atoms with Crippen molar-refractivity contribution in [3.8, 4) is 11.1 Å². The number of aryl methyl sites for hydroxylation is 1. The fourth-order valence-electron chi connectivity index (χ4n) is 6.82. The smallest absolute Gasteiger partial charge is 0.272 e. The maximum Gasteiger partial charge on any atom is 0.272 e. The summed E-state index contributed by atoms with van der Waals surface area (Å²) in [5.41, 5.74) is 4.03. The maximum absolute atomic E-state index is 13.1. The molecule has 12 heteroatoms. The molecule has 46 heavy (non-hydrogen) atoms. The predicted molar refractivity (Wildman–Crippen MR) is 175 cm³/mol. The number of pyridine rings is 1. The number of anilines is 1. The summed E-state index contributed by atoms with van der Waals surface area (Å²) in [4.78, 5) is 48.4. The van der Waals surface area contributed by atoms with Gasteiger partial charge in [0.1, 0.15) is 12.3 Å². The summed E-state index contributed by atoms with van der Waals surface area (Å²) in [6, 6.07) is 12.1. The Morgan fingerprint density at radius 3 is 2.63 bits per heavy atom. The molecule has 2 N–H and O–H groups in total. The number of thiazole rings is 1. The van der Waals surface area contributed by atoms with Crippen molar-refractivity contribution in [1.82, 2.24) is 29.7 Å². The van der Waals surface area contributed by atoms with Crippen molar-refractivity contribution in [3.63, 3.8) is 0 Å². The third-order valence-electron chi connectivity index (χ3n) is 9.53. The molecular weight excluding hydrogens is 602 g/mol. The topological polar surface area (TPSA) is 134 Å². The molecule has 7 rings (SSSR count). The fraction of sp³-hybridized carbons (Fsp3) is 0.471. The minimum Gasteiger partial charge on any atom is -0.390 e. The van der Waals surface area contributed by atoms with E-state index >= 15 is 0 Å². The van der Waals surface area contributed by atoms with E-state index in [9.17, 15) is 14.7 Å². The van der Waals surface area contributed by atoms with Crippen LogP contribution in [0.4, 0.5) is 5.13 Å². The number of hydrogen-bond acceptors (Lipinski definition) is 10. The van der Waals surface area contributed by atoms with Gasteiger partial charge in [-0.05, 0) is 75.8 Å². The molecule has 3 aliphatic rings. The van der Waals surface area contributed by atoms with Gasteiger partial charge in [-0.15, -0.1) is 0 Å². The number of rotatable bonds is 8. The molecule has 1 aliphatic heterocycles. The first kappa shape index (κ1) is 30.8. The molecule has 0 bridgehead atoms. The lowest BCUT2D eigenvalue weighted by molar-refractivity contribution is -0.125. The van der Waals surface area contributed by atoms with Gasteiger partial charge >= 0.3 is 0 Å². The Labute approximate surface area is 272 Å². The van der Waals surface area contributed by atoms with Crippen LogP contribution in [0, 0.1) is 12.8 Å². The molecule has 11 nitrogen and oxygen atoms in total. The Morgan fingerprint density at radius 1 is 1.07 bits per heavy atom. The molecule has 1 aromatic carbocycles. The number of carbonyl (C=O) groups excluding carboxylic acids is 2. The van der Waals surface area contributed by atoms with Crippen molar-refractivity contribution < 1.29 is 19.4 Å². The highest BCUT2D eigenvalue weighted by Gasteiger charge is 2.41. The number of aromatic nitrogens is 4. The SMILES string of the molecule is Cc1cccc(C(=O)N2CCN([C@H]3C[C@@H](C(=O)Nc4nc5ccc(-c6cnc(CO[C@H]7CCC[C@@H]7O)nc6)cc5s4)C3)[C@@H](C)C2)n1. The zero-order chi connectivity index (χ0) is 31.8. The van der Waals surface area contributed by atoms with Crippen molar-refractivity contribution in [3.05, 3.63) is 66.0 Å². The number of aliphatic hydroxyl groups is 1. The molecule has 4 aromatic rings. The average molecular weight is 642 g/mol. The van der Waals surface area contributed by atoms with Crippen molar-refractivity contribution in [2.45, 2.75) is 76.9 Å². The van der Waals surface area contributed by atoms with Crippen molar-refractivity contribution >= 4 is 38.5 Å². The summed E-state index contributed by atoms with van der Waals surface area (Å²) in [7, 11) is 0. The van der Waals surface area contributed by atoms with Crippen LogP contribution in [0.5, 0.6) is 0 Å². The summed E-state index contributed by atoms with van der Waals surface area (Å²) >= 11 is 1.46. The average Bonchev–Trinajstić information content (AvgIpc) is 3.64. The Bertz CT molecular complexity index is 1720. The molecule has 0 spiro atoms. The van der Waals surface area contributed by atoms with Crippen LogP contribution in [0.1, 0.15) is 61.0 Å². The van der Waals surface area contributed by atoms with Gasteiger partial charge in [0.2, 0.25) is 5.91 Å². The second-order valence-corrected chi connectivity index (χ2v) is 13.8. The second kappa shape index (κ2) is 13.1. The molecule has 240 valence electrons. The number of nitrogens with one attached hydrogen (secondary N) is 1. The van der Waals surface area contributed by atoms with Gasteiger partial charge in [-0.25, -0.2) is 19.9 Å². The van der Waals surface area contributed by atoms with Crippen LogP contribution >= 0.6 is 11.3 Å². The lowest BCUT2D eigenvalue weighted by Crippen LogP contribution is -2.60. The highest BCUT2D eigenvalue weighted by molar-refractivity contribution is 7.22. The summed E-state index contributed by atoms with van der Waals surface area (Å²) in [6.45, 7) is 6.45. The third kappa shape index (κ3) is 6.52. The monoisotopic (exact) mass is 641 g/mol. The number of carbonyl (C=O) groups is 2. The van der Waals surface area contributed by atoms with E-state index in [0.29, 0.717) is 35.8 Å². The molecule has 4 heterocycles. The number of amides is 2. The molecular formula is C34H39N7O4S. The molecule has 3 aromatic heterocycles. The van der Waals surface area contributed by atoms with Crippen LogP contribution in [0.2, 0.25) is 0 Å². The number of aliphatic hydroxyl groups excluding tert-OH is 1. The number of benzene rings is 1. The lowest BCUT2D eigenvalue weighted by Gasteiger charge is -2.49. The van der Waals surface area contributed by atoms with Gasteiger partial charge in [-0.2, -0.15) is 0 Å². The van der Waals surface area contributed by atoms with Gasteiger partial charge in [0.05, 0.1) is 22.4 Å². The Hall–Kier alpha value is -3.84. The van der Waals surface area contributed by atoms with E-state index in [1.165, 1.54) is 11.3 Å². The number of fused-ring (bicyclic) bond motifs is 1. The number of ether oxygens (including phenoxy) is 1. The summed E-state index contributed by atoms with van der Waals surface area (Å²) < 4.78 is 6.78. The number of nitrogens with zero attached hydrogens (tertiary/aromatic N) is 6. The van der Waals surface area contributed by atoms with Gasteiger partial charge in [0.15, 0.2) is 11.0 Å². The zero-order valence-electron chi connectivity index (χ0n) is 26.1. The molecule has 2 aliphatic carbocycles. The van der Waals surface area contributed by atoms with Crippen LogP contribution in [0.15, 0.2) is 48.8 Å². The molecule has 2 amide bonds. The first-order valence-corrected chi connectivity index (χ1v) is 16.9. The number of hydrogen-bond donors (Lipinski definition) is 2. The first-order chi connectivity index (χ1) is 22.3. The highest BCUT2D eigenvalue weighted by Crippen LogP contribution is 2.36. The molecule has 3 atom stereocenters. The molecule has 0 unspecified atom stereocenters. The largest absolute Gasteiger partial charge is 0.390 e. The van der Waals surface area contributed by atoms with Gasteiger partial charge in [0.25, 0.3) is 5.91 Å². The van der Waals surface area contributed by atoms with Gasteiger partial charge in [-0.1, -0.05) is 23.5 Å². The van der Waals surface area contributed by atoms with Crippen LogP contribution in [-0.2, 0) is 16.1 Å². The molecule has 2 saturated carbocycles. The quantitative estimate of drug-likeness (QED) is 0.286. The van der Waals surface area contributed by atoms with E-state index in [1.54, 1.807) is 18.5 Å². The maximum atomic E-state index is 13.1. The Morgan fingerprint density at radius 2 is 1.89 bits per heavy atom. The van der Waals surface area contributed by atoms with Crippen molar-refractivity contribution in [2.24, 2.45) is 5.92 Å². The van der Waals surface area contributed by atoms with E-state index in [1.807, 2.05) is 42.2 Å². The van der Waals surface area contributed by atoms with Crippen LogP contribution in [-0.4, -0.2) is 90.6 Å². The van der Waals surface area contributed by atoms with E-state index < -0.39 is 6.10 Å². The lowest BCUT2D eigenvalue weighted by atomic mass is 9.78. The summed E-state index contributed by atoms with van der Waals surface area (Å²) in [5, 5.41) is 13.6. The van der Waals surface area contributed by atoms with E-state index in [4.69, 9.17) is 4.74 Å². The predicted octanol–water partition coefficient (Wildman–Crippen LogP) is 4.45. The minimum atomic E-state index is -0.400. The van der Waals surface area contributed by atoms with Gasteiger partial charge in [0, 0.05) is 61.3 Å². The second-order valence-electron chi connectivity index (χ2n) is 12.8. The molecule has 0 radical (unpaired) electrons.